The predicted octanol–water partition coefficient (Wildman–Crippen LogP) is 2.53. The van der Waals surface area contributed by atoms with E-state index in [2.05, 4.69) is 20.5 Å². The molecule has 2 heterocycles. The fraction of sp³-hybridized carbons (Fsp3) is 0.526. The lowest BCUT2D eigenvalue weighted by Gasteiger charge is -2.32. The maximum absolute atomic E-state index is 12.6. The van der Waals surface area contributed by atoms with E-state index >= 15 is 0 Å². The molecule has 1 fully saturated rings. The second kappa shape index (κ2) is 8.39. The number of nitrogens with zero attached hydrogens (tertiary/aromatic N) is 5. The van der Waals surface area contributed by atoms with Crippen LogP contribution < -0.4 is 10.1 Å². The zero-order chi connectivity index (χ0) is 19.4. The lowest BCUT2D eigenvalue weighted by Crippen LogP contribution is -2.41. The average Bonchev–Trinajstić information content (AvgIpc) is 3.11. The summed E-state index contributed by atoms with van der Waals surface area (Å²) in [5.41, 5.74) is 2.76. The molecule has 0 atom stereocenters. The first-order valence-corrected chi connectivity index (χ1v) is 9.22. The van der Waals surface area contributed by atoms with Crippen LogP contribution in [0.25, 0.3) is 0 Å². The van der Waals surface area contributed by atoms with E-state index in [9.17, 15) is 4.79 Å². The van der Waals surface area contributed by atoms with E-state index in [1.807, 2.05) is 55.0 Å². The van der Waals surface area contributed by atoms with E-state index in [0.29, 0.717) is 19.1 Å². The molecule has 0 saturated carbocycles. The van der Waals surface area contributed by atoms with Crippen molar-refractivity contribution in [2.75, 3.05) is 39.6 Å². The molecule has 0 unspecified atom stereocenters. The van der Waals surface area contributed by atoms with Crippen LogP contribution in [0, 0.1) is 6.92 Å². The molecule has 1 aliphatic rings. The molecule has 0 bridgehead atoms. The number of likely N-dealkylation sites (tertiary alicyclic amines) is 1. The van der Waals surface area contributed by atoms with Crippen molar-refractivity contribution in [2.45, 2.75) is 32.4 Å². The second-order valence-corrected chi connectivity index (χ2v) is 7.26. The minimum absolute atomic E-state index is 0.0615. The summed E-state index contributed by atoms with van der Waals surface area (Å²) in [6, 6.07) is 5.87. The van der Waals surface area contributed by atoms with Gasteiger partial charge in [-0.3, -0.25) is 0 Å². The van der Waals surface area contributed by atoms with Gasteiger partial charge in [-0.15, -0.1) is 5.10 Å². The summed E-state index contributed by atoms with van der Waals surface area (Å²) in [5, 5.41) is 11.5. The molecule has 1 aromatic heterocycles. The third-order valence-electron chi connectivity index (χ3n) is 4.84. The summed E-state index contributed by atoms with van der Waals surface area (Å²) < 4.78 is 7.15. The van der Waals surface area contributed by atoms with Gasteiger partial charge >= 0.3 is 6.03 Å². The van der Waals surface area contributed by atoms with Gasteiger partial charge in [0.2, 0.25) is 0 Å². The summed E-state index contributed by atoms with van der Waals surface area (Å²) in [6.45, 7) is 4.14. The van der Waals surface area contributed by atoms with Gasteiger partial charge in [-0.05, 0) is 57.6 Å². The number of benzene rings is 1. The molecule has 1 aromatic carbocycles. The first kappa shape index (κ1) is 19.2. The molecule has 1 saturated heterocycles. The number of anilines is 1. The minimum atomic E-state index is -0.0615. The lowest BCUT2D eigenvalue weighted by atomic mass is 10.1. The summed E-state index contributed by atoms with van der Waals surface area (Å²) in [4.78, 5) is 16.5. The fourth-order valence-electron chi connectivity index (χ4n) is 3.32. The maximum Gasteiger partial charge on any atom is 0.321 e. The molecule has 0 spiro atoms. The van der Waals surface area contributed by atoms with E-state index in [-0.39, 0.29) is 6.03 Å². The number of rotatable bonds is 5. The standard InChI is InChI=1S/C19H28N6O2/c1-14-11-17(27-4)5-6-18(14)20-19(26)24-9-7-16(8-10-24)25-13-15(21-22-25)12-23(2)3/h5-6,11,13,16H,7-10,12H2,1-4H3,(H,20,26). The highest BCUT2D eigenvalue weighted by Gasteiger charge is 2.25. The Kier molecular flexibility index (Phi) is 5.95. The topological polar surface area (TPSA) is 75.5 Å². The normalized spacial score (nSPS) is 15.2. The van der Waals surface area contributed by atoms with Crippen LogP contribution in [0.3, 0.4) is 0 Å². The number of urea groups is 1. The van der Waals surface area contributed by atoms with Crippen LogP contribution in [0.5, 0.6) is 5.75 Å². The van der Waals surface area contributed by atoms with Gasteiger partial charge in [0.1, 0.15) is 5.75 Å². The molecule has 2 amide bonds. The Hall–Kier alpha value is -2.61. The highest BCUT2D eigenvalue weighted by atomic mass is 16.5. The minimum Gasteiger partial charge on any atom is -0.497 e. The first-order chi connectivity index (χ1) is 13.0. The van der Waals surface area contributed by atoms with Gasteiger partial charge in [-0.2, -0.15) is 0 Å². The molecule has 3 rings (SSSR count). The number of carbonyl (C=O) groups excluding carboxylic acids is 1. The van der Waals surface area contributed by atoms with Gasteiger partial charge in [0.25, 0.3) is 0 Å². The predicted molar refractivity (Wildman–Crippen MR) is 104 cm³/mol. The zero-order valence-electron chi connectivity index (χ0n) is 16.5. The monoisotopic (exact) mass is 372 g/mol. The number of hydrogen-bond donors (Lipinski definition) is 1. The molecular formula is C19H28N6O2. The van der Waals surface area contributed by atoms with Crippen molar-refractivity contribution < 1.29 is 9.53 Å². The van der Waals surface area contributed by atoms with Gasteiger partial charge < -0.3 is 19.9 Å². The summed E-state index contributed by atoms with van der Waals surface area (Å²) in [5.74, 6) is 0.785. The molecule has 146 valence electrons. The average molecular weight is 372 g/mol. The smallest absolute Gasteiger partial charge is 0.321 e. The van der Waals surface area contributed by atoms with E-state index in [1.54, 1.807) is 7.11 Å². The molecule has 1 aliphatic heterocycles. The molecule has 27 heavy (non-hydrogen) atoms. The first-order valence-electron chi connectivity index (χ1n) is 9.22. The van der Waals surface area contributed by atoms with Crippen LogP contribution in [0.2, 0.25) is 0 Å². The molecule has 8 nitrogen and oxygen atoms in total. The molecule has 8 heteroatoms. The van der Waals surface area contributed by atoms with Crippen molar-refractivity contribution in [3.63, 3.8) is 0 Å². The Morgan fingerprint density at radius 1 is 1.33 bits per heavy atom. The van der Waals surface area contributed by atoms with E-state index in [4.69, 9.17) is 4.74 Å². The molecule has 0 aliphatic carbocycles. The van der Waals surface area contributed by atoms with Gasteiger partial charge in [-0.25, -0.2) is 9.48 Å². The Morgan fingerprint density at radius 3 is 2.70 bits per heavy atom. The van der Waals surface area contributed by atoms with Crippen LogP contribution in [-0.4, -0.2) is 65.1 Å². The van der Waals surface area contributed by atoms with Crippen LogP contribution in [0.1, 0.15) is 30.1 Å². The van der Waals surface area contributed by atoms with Crippen molar-refractivity contribution in [1.29, 1.82) is 0 Å². The molecule has 1 N–H and O–H groups in total. The van der Waals surface area contributed by atoms with Crippen molar-refractivity contribution >= 4 is 11.7 Å². The van der Waals surface area contributed by atoms with E-state index in [0.717, 1.165) is 42.1 Å². The third-order valence-corrected chi connectivity index (χ3v) is 4.84. The number of amides is 2. The van der Waals surface area contributed by atoms with E-state index in [1.165, 1.54) is 0 Å². The SMILES string of the molecule is COc1ccc(NC(=O)N2CCC(n3cc(CN(C)C)nn3)CC2)c(C)c1. The van der Waals surface area contributed by atoms with Gasteiger partial charge in [0.05, 0.1) is 25.0 Å². The van der Waals surface area contributed by atoms with Crippen molar-refractivity contribution in [3.05, 3.63) is 35.7 Å². The number of nitrogens with one attached hydrogen (secondary N) is 1. The van der Waals surface area contributed by atoms with Gasteiger partial charge in [-0.1, -0.05) is 5.21 Å². The largest absolute Gasteiger partial charge is 0.497 e. The Labute approximate surface area is 160 Å². The Bertz CT molecular complexity index is 780. The number of carbonyl (C=O) groups is 1. The zero-order valence-corrected chi connectivity index (χ0v) is 16.5. The quantitative estimate of drug-likeness (QED) is 0.873. The van der Waals surface area contributed by atoms with E-state index < -0.39 is 0 Å². The van der Waals surface area contributed by atoms with Crippen molar-refractivity contribution in [3.8, 4) is 5.75 Å². The summed E-state index contributed by atoms with van der Waals surface area (Å²) in [7, 11) is 5.66. The third kappa shape index (κ3) is 4.77. The number of aromatic nitrogens is 3. The highest BCUT2D eigenvalue weighted by Crippen LogP contribution is 2.24. The molecular weight excluding hydrogens is 344 g/mol. The maximum atomic E-state index is 12.6. The van der Waals surface area contributed by atoms with Crippen LogP contribution >= 0.6 is 0 Å². The number of aryl methyl sites for hydroxylation is 1. The second-order valence-electron chi connectivity index (χ2n) is 7.26. The number of ether oxygens (including phenoxy) is 1. The molecule has 0 radical (unpaired) electrons. The summed E-state index contributed by atoms with van der Waals surface area (Å²) in [6.07, 6.45) is 3.76. The molecule has 2 aromatic rings. The number of hydrogen-bond acceptors (Lipinski definition) is 5. The number of methoxy groups -OCH3 is 1. The lowest BCUT2D eigenvalue weighted by molar-refractivity contribution is 0.179. The van der Waals surface area contributed by atoms with Crippen molar-refractivity contribution in [2.24, 2.45) is 0 Å². The summed E-state index contributed by atoms with van der Waals surface area (Å²) >= 11 is 0. The van der Waals surface area contributed by atoms with Gasteiger partial charge in [0.15, 0.2) is 0 Å². The van der Waals surface area contributed by atoms with Crippen LogP contribution in [-0.2, 0) is 6.54 Å². The number of piperidine rings is 1. The Morgan fingerprint density at radius 2 is 2.07 bits per heavy atom. The van der Waals surface area contributed by atoms with Crippen LogP contribution in [0.15, 0.2) is 24.4 Å². The Balaban J connectivity index is 1.54. The van der Waals surface area contributed by atoms with Crippen LogP contribution in [0.4, 0.5) is 10.5 Å². The highest BCUT2D eigenvalue weighted by molar-refractivity contribution is 5.90. The van der Waals surface area contributed by atoms with Crippen molar-refractivity contribution in [1.82, 2.24) is 24.8 Å². The fourth-order valence-corrected chi connectivity index (χ4v) is 3.32. The van der Waals surface area contributed by atoms with Gasteiger partial charge in [0, 0.05) is 25.3 Å².